The Morgan fingerprint density at radius 3 is 2.56 bits per heavy atom. The molecule has 0 spiro atoms. The summed E-state index contributed by atoms with van der Waals surface area (Å²) in [6.07, 6.45) is 2.04. The minimum atomic E-state index is -0.218. The van der Waals surface area contributed by atoms with E-state index in [1.165, 1.54) is 0 Å². The Morgan fingerprint density at radius 1 is 1.10 bits per heavy atom. The molecule has 1 fully saturated rings. The maximum Gasteiger partial charge on any atom is 0.321 e. The third-order valence-electron chi connectivity index (χ3n) is 6.38. The number of rotatable bonds is 7. The molecule has 0 atom stereocenters. The summed E-state index contributed by atoms with van der Waals surface area (Å²) in [4.78, 5) is 21.1. The van der Waals surface area contributed by atoms with E-state index in [1.54, 1.807) is 48.5 Å². The molecule has 0 saturated carbocycles. The van der Waals surface area contributed by atoms with Crippen LogP contribution >= 0.6 is 0 Å². The van der Waals surface area contributed by atoms with Crippen molar-refractivity contribution < 1.29 is 14.3 Å². The van der Waals surface area contributed by atoms with Crippen LogP contribution in [0.5, 0.6) is 11.5 Å². The molecule has 2 aromatic heterocycles. The number of aromatic nitrogens is 5. The Hall–Kier alpha value is -5.43. The third kappa shape index (κ3) is 5.47. The second kappa shape index (κ2) is 11.3. The van der Waals surface area contributed by atoms with Gasteiger partial charge in [-0.3, -0.25) is 4.98 Å². The predicted octanol–water partition coefficient (Wildman–Crippen LogP) is 2.48. The summed E-state index contributed by atoms with van der Waals surface area (Å²) in [5.74, 6) is 1.64. The van der Waals surface area contributed by atoms with Crippen LogP contribution in [0.1, 0.15) is 17.0 Å². The maximum atomic E-state index is 12.8. The van der Waals surface area contributed by atoms with Gasteiger partial charge < -0.3 is 24.6 Å². The van der Waals surface area contributed by atoms with E-state index in [9.17, 15) is 10.1 Å². The summed E-state index contributed by atoms with van der Waals surface area (Å²) in [5, 5.41) is 36.1. The Labute approximate surface area is 223 Å². The minimum absolute atomic E-state index is 0.218. The van der Waals surface area contributed by atoms with Gasteiger partial charge in [0.25, 0.3) is 0 Å². The first-order chi connectivity index (χ1) is 19.1. The molecule has 1 aliphatic rings. The fraction of sp³-hybridized carbons (Fsp3) is 0.269. The average Bonchev–Trinajstić information content (AvgIpc) is 3.50. The normalized spacial score (nSPS) is 13.0. The van der Waals surface area contributed by atoms with Gasteiger partial charge in [0, 0.05) is 55.9 Å². The fourth-order valence-electron chi connectivity index (χ4n) is 4.39. The number of tetrazole rings is 1. The van der Waals surface area contributed by atoms with E-state index in [4.69, 9.17) is 14.7 Å². The van der Waals surface area contributed by atoms with Gasteiger partial charge in [0.1, 0.15) is 6.07 Å². The number of anilines is 2. The average molecular weight is 525 g/mol. The summed E-state index contributed by atoms with van der Waals surface area (Å²) < 4.78 is 11.5. The first kappa shape index (κ1) is 25.2. The van der Waals surface area contributed by atoms with Gasteiger partial charge in [0.05, 0.1) is 42.1 Å². The maximum absolute atomic E-state index is 12.8. The number of pyridine rings is 1. The molecule has 3 heterocycles. The second-order valence-electron chi connectivity index (χ2n) is 8.69. The van der Waals surface area contributed by atoms with Gasteiger partial charge in [-0.1, -0.05) is 0 Å². The molecule has 2 N–H and O–H groups in total. The van der Waals surface area contributed by atoms with Crippen molar-refractivity contribution in [2.24, 2.45) is 0 Å². The zero-order valence-electron chi connectivity index (χ0n) is 21.1. The number of carbonyl (C=O) groups is 1. The number of amides is 2. The molecule has 39 heavy (non-hydrogen) atoms. The molecule has 196 valence electrons. The van der Waals surface area contributed by atoms with Gasteiger partial charge in [-0.2, -0.15) is 10.5 Å². The molecular weight excluding hydrogens is 500 g/mol. The summed E-state index contributed by atoms with van der Waals surface area (Å²) in [7, 11) is 1.56. The monoisotopic (exact) mass is 524 g/mol. The van der Waals surface area contributed by atoms with Crippen LogP contribution in [-0.4, -0.2) is 76.4 Å². The van der Waals surface area contributed by atoms with Crippen LogP contribution < -0.4 is 19.7 Å². The Morgan fingerprint density at radius 2 is 1.90 bits per heavy atom. The third-order valence-corrected chi connectivity index (χ3v) is 6.38. The largest absolute Gasteiger partial charge is 0.493 e. The number of nitriles is 2. The number of urea groups is 1. The van der Waals surface area contributed by atoms with Crippen LogP contribution in [0.2, 0.25) is 0 Å². The molecule has 13 heteroatoms. The van der Waals surface area contributed by atoms with Crippen molar-refractivity contribution in [3.63, 3.8) is 0 Å². The van der Waals surface area contributed by atoms with Gasteiger partial charge in [-0.25, -0.2) is 9.89 Å². The number of carbonyl (C=O) groups excluding carboxylic acids is 1. The number of methoxy groups -OCH3 is 1. The van der Waals surface area contributed by atoms with Gasteiger partial charge in [0.2, 0.25) is 0 Å². The number of hydrogen-bond donors (Lipinski definition) is 2. The lowest BCUT2D eigenvalue weighted by molar-refractivity contribution is 0.208. The smallest absolute Gasteiger partial charge is 0.321 e. The van der Waals surface area contributed by atoms with Crippen LogP contribution in [0.15, 0.2) is 42.6 Å². The van der Waals surface area contributed by atoms with E-state index in [1.807, 2.05) is 6.07 Å². The van der Waals surface area contributed by atoms with E-state index in [2.05, 4.69) is 48.0 Å². The number of ether oxygens (including phenoxy) is 2. The highest BCUT2D eigenvalue weighted by atomic mass is 16.5. The number of nitrogens with zero attached hydrogens (tertiary/aromatic N) is 8. The molecule has 1 aliphatic heterocycles. The van der Waals surface area contributed by atoms with Crippen LogP contribution in [-0.2, 0) is 6.42 Å². The van der Waals surface area contributed by atoms with Gasteiger partial charge in [-0.05, 0) is 40.8 Å². The van der Waals surface area contributed by atoms with Crippen LogP contribution in [0.3, 0.4) is 0 Å². The number of benzene rings is 2. The summed E-state index contributed by atoms with van der Waals surface area (Å²) in [6.45, 7) is 2.31. The molecule has 5 rings (SSSR count). The van der Waals surface area contributed by atoms with Crippen LogP contribution in [0, 0.1) is 22.7 Å². The lowest BCUT2D eigenvalue weighted by Gasteiger charge is -2.36. The molecule has 0 bridgehead atoms. The van der Waals surface area contributed by atoms with Crippen molar-refractivity contribution in [3.05, 3.63) is 59.5 Å². The minimum Gasteiger partial charge on any atom is -0.493 e. The van der Waals surface area contributed by atoms with Crippen LogP contribution in [0.4, 0.5) is 16.2 Å². The van der Waals surface area contributed by atoms with Crippen LogP contribution in [0.25, 0.3) is 10.9 Å². The summed E-state index contributed by atoms with van der Waals surface area (Å²) in [5.41, 5.74) is 2.98. The number of aromatic amines is 1. The highest BCUT2D eigenvalue weighted by Crippen LogP contribution is 2.38. The molecule has 2 aromatic carbocycles. The second-order valence-corrected chi connectivity index (χ2v) is 8.69. The molecule has 0 radical (unpaired) electrons. The van der Waals surface area contributed by atoms with Gasteiger partial charge >= 0.3 is 6.03 Å². The lowest BCUT2D eigenvalue weighted by atomic mass is 10.1. The standard InChI is InChI=1S/C26H24N10O3/c1-38-22-12-20-21(13-23(22)39-11-6-24-31-33-34-32-24)29-16-18(15-28)25(20)35-7-9-36(10-8-35)26(37)30-19-4-2-17(14-27)3-5-19/h2-5,12-13,16H,6-11H2,1H3,(H,30,37)(H,31,32,33,34). The van der Waals surface area contributed by atoms with E-state index in [-0.39, 0.29) is 6.03 Å². The Kier molecular flexibility index (Phi) is 7.32. The van der Waals surface area contributed by atoms with E-state index in [0.29, 0.717) is 78.9 Å². The van der Waals surface area contributed by atoms with Crippen molar-refractivity contribution in [2.75, 3.05) is 50.1 Å². The summed E-state index contributed by atoms with van der Waals surface area (Å²) in [6, 6.07) is 14.4. The van der Waals surface area contributed by atoms with Crippen molar-refractivity contribution in [3.8, 4) is 23.6 Å². The van der Waals surface area contributed by atoms with E-state index in [0.717, 1.165) is 11.1 Å². The number of piperazine rings is 1. The number of hydrogen-bond acceptors (Lipinski definition) is 10. The lowest BCUT2D eigenvalue weighted by Crippen LogP contribution is -2.50. The highest BCUT2D eigenvalue weighted by Gasteiger charge is 2.25. The van der Waals surface area contributed by atoms with Crippen molar-refractivity contribution >= 4 is 28.3 Å². The van der Waals surface area contributed by atoms with Gasteiger partial charge in [0.15, 0.2) is 17.3 Å². The first-order valence-corrected chi connectivity index (χ1v) is 12.2. The molecule has 4 aromatic rings. The summed E-state index contributed by atoms with van der Waals surface area (Å²) >= 11 is 0. The fourth-order valence-corrected chi connectivity index (χ4v) is 4.39. The van der Waals surface area contributed by atoms with Crippen molar-refractivity contribution in [1.82, 2.24) is 30.5 Å². The van der Waals surface area contributed by atoms with Crippen molar-refractivity contribution in [1.29, 1.82) is 10.5 Å². The van der Waals surface area contributed by atoms with Crippen molar-refractivity contribution in [2.45, 2.75) is 6.42 Å². The SMILES string of the molecule is COc1cc2c(N3CCN(C(=O)Nc4ccc(C#N)cc4)CC3)c(C#N)cnc2cc1OCCc1nnn[nH]1. The van der Waals surface area contributed by atoms with Gasteiger partial charge in [-0.15, -0.1) is 5.10 Å². The molecule has 13 nitrogen and oxygen atoms in total. The molecule has 0 aliphatic carbocycles. The quantitative estimate of drug-likeness (QED) is 0.366. The Bertz CT molecular complexity index is 1550. The number of fused-ring (bicyclic) bond motifs is 1. The zero-order chi connectivity index (χ0) is 27.2. The molecule has 0 unspecified atom stereocenters. The molecule has 1 saturated heterocycles. The molecule has 2 amide bonds. The highest BCUT2D eigenvalue weighted by molar-refractivity contribution is 5.97. The number of H-pyrrole nitrogens is 1. The Balaban J connectivity index is 1.32. The van der Waals surface area contributed by atoms with E-state index >= 15 is 0 Å². The molecular formula is C26H24N10O3. The van der Waals surface area contributed by atoms with E-state index < -0.39 is 0 Å². The first-order valence-electron chi connectivity index (χ1n) is 12.2. The number of nitrogens with one attached hydrogen (secondary N) is 2. The topological polar surface area (TPSA) is 169 Å². The predicted molar refractivity (Wildman–Crippen MR) is 140 cm³/mol. The zero-order valence-corrected chi connectivity index (χ0v) is 21.1.